The molecule has 0 atom stereocenters. The third-order valence-electron chi connectivity index (χ3n) is 5.42. The van der Waals surface area contributed by atoms with E-state index in [1.54, 1.807) is 13.3 Å². The van der Waals surface area contributed by atoms with Crippen molar-refractivity contribution in [2.24, 2.45) is 4.99 Å². The number of para-hydroxylation sites is 1. The second-order valence-electron chi connectivity index (χ2n) is 7.56. The van der Waals surface area contributed by atoms with E-state index in [-0.39, 0.29) is 5.91 Å². The number of hydrogen-bond acceptors (Lipinski definition) is 5. The Morgan fingerprint density at radius 3 is 2.59 bits per heavy atom. The fourth-order valence-electron chi connectivity index (χ4n) is 3.71. The van der Waals surface area contributed by atoms with E-state index in [4.69, 9.17) is 4.74 Å². The summed E-state index contributed by atoms with van der Waals surface area (Å²) < 4.78 is 5.41. The van der Waals surface area contributed by atoms with Crippen molar-refractivity contribution in [3.05, 3.63) is 54.2 Å². The van der Waals surface area contributed by atoms with Gasteiger partial charge in [-0.05, 0) is 37.1 Å². The molecule has 172 valence electrons. The lowest BCUT2D eigenvalue weighted by atomic mass is 10.1. The molecule has 0 unspecified atom stereocenters. The number of anilines is 1. The maximum Gasteiger partial charge on any atom is 0.224 e. The van der Waals surface area contributed by atoms with E-state index in [0.29, 0.717) is 13.0 Å². The third-order valence-corrected chi connectivity index (χ3v) is 5.42. The highest BCUT2D eigenvalue weighted by Gasteiger charge is 2.21. The quantitative estimate of drug-likeness (QED) is 0.460. The highest BCUT2D eigenvalue weighted by atomic mass is 16.5. The molecule has 0 saturated carbocycles. The van der Waals surface area contributed by atoms with Gasteiger partial charge < -0.3 is 25.2 Å². The first kappa shape index (κ1) is 23.4. The van der Waals surface area contributed by atoms with Gasteiger partial charge in [-0.3, -0.25) is 9.79 Å². The summed E-state index contributed by atoms with van der Waals surface area (Å²) in [6.07, 6.45) is 3.04. The Morgan fingerprint density at radius 2 is 1.88 bits per heavy atom. The number of nitrogens with zero attached hydrogens (tertiary/aromatic N) is 4. The van der Waals surface area contributed by atoms with Crippen molar-refractivity contribution in [1.29, 1.82) is 0 Å². The van der Waals surface area contributed by atoms with Gasteiger partial charge in [-0.2, -0.15) is 0 Å². The summed E-state index contributed by atoms with van der Waals surface area (Å²) in [4.78, 5) is 25.7. The monoisotopic (exact) mass is 438 g/mol. The molecule has 1 aromatic heterocycles. The smallest absolute Gasteiger partial charge is 0.224 e. The van der Waals surface area contributed by atoms with Crippen LogP contribution in [0.5, 0.6) is 5.75 Å². The van der Waals surface area contributed by atoms with E-state index in [9.17, 15) is 4.79 Å². The van der Waals surface area contributed by atoms with Gasteiger partial charge in [0.2, 0.25) is 5.91 Å². The van der Waals surface area contributed by atoms with E-state index >= 15 is 0 Å². The number of hydrogen-bond donors (Lipinski definition) is 2. The molecule has 2 aromatic rings. The van der Waals surface area contributed by atoms with Crippen LogP contribution in [0.2, 0.25) is 0 Å². The summed E-state index contributed by atoms with van der Waals surface area (Å²) in [6, 6.07) is 13.9. The van der Waals surface area contributed by atoms with Crippen molar-refractivity contribution < 1.29 is 9.53 Å². The van der Waals surface area contributed by atoms with Crippen molar-refractivity contribution >= 4 is 17.7 Å². The molecule has 32 heavy (non-hydrogen) atoms. The van der Waals surface area contributed by atoms with Gasteiger partial charge in [0.25, 0.3) is 0 Å². The average Bonchev–Trinajstić information content (AvgIpc) is 2.85. The molecule has 0 bridgehead atoms. The van der Waals surface area contributed by atoms with Crippen molar-refractivity contribution in [3.8, 4) is 5.75 Å². The second kappa shape index (κ2) is 12.5. The Balaban J connectivity index is 1.41. The molecule has 1 saturated heterocycles. The normalized spacial score (nSPS) is 14.2. The number of carbonyl (C=O) groups excluding carboxylic acids is 1. The number of carbonyl (C=O) groups is 1. The predicted molar refractivity (Wildman–Crippen MR) is 128 cm³/mol. The Hall–Kier alpha value is -3.29. The molecule has 2 N–H and O–H groups in total. The topological polar surface area (TPSA) is 82.1 Å². The molecule has 3 rings (SSSR count). The number of methoxy groups -OCH3 is 1. The number of ether oxygens (including phenoxy) is 1. The minimum atomic E-state index is 0.152. The second-order valence-corrected chi connectivity index (χ2v) is 7.56. The fraction of sp³-hybridized carbons (Fsp3) is 0.458. The minimum Gasteiger partial charge on any atom is -0.496 e. The number of rotatable bonds is 9. The molecule has 0 spiro atoms. The van der Waals surface area contributed by atoms with E-state index < -0.39 is 0 Å². The molecule has 0 aliphatic carbocycles. The van der Waals surface area contributed by atoms with Crippen LogP contribution >= 0.6 is 0 Å². The Kier molecular flexibility index (Phi) is 9.16. The van der Waals surface area contributed by atoms with E-state index in [0.717, 1.165) is 68.8 Å². The molecule has 2 heterocycles. The Morgan fingerprint density at radius 1 is 1.09 bits per heavy atom. The summed E-state index contributed by atoms with van der Waals surface area (Å²) in [5.74, 6) is 2.75. The van der Waals surface area contributed by atoms with Crippen LogP contribution in [0.15, 0.2) is 53.7 Å². The highest BCUT2D eigenvalue weighted by molar-refractivity contribution is 5.81. The Labute approximate surface area is 190 Å². The van der Waals surface area contributed by atoms with Gasteiger partial charge >= 0.3 is 0 Å². The molecule has 8 nitrogen and oxygen atoms in total. The molecular weight excluding hydrogens is 404 g/mol. The van der Waals surface area contributed by atoms with Crippen LogP contribution in [0.25, 0.3) is 0 Å². The van der Waals surface area contributed by atoms with Crippen LogP contribution in [0, 0.1) is 0 Å². The van der Waals surface area contributed by atoms with E-state index in [2.05, 4.69) is 31.6 Å². The van der Waals surface area contributed by atoms with Gasteiger partial charge in [-0.1, -0.05) is 24.3 Å². The summed E-state index contributed by atoms with van der Waals surface area (Å²) >= 11 is 0. The van der Waals surface area contributed by atoms with Crippen molar-refractivity contribution in [2.75, 3.05) is 57.8 Å². The molecule has 1 aromatic carbocycles. The SMILES string of the molecule is CCNC(=NCCC(=O)N1CCN(c2ccccn2)CC1)NCCc1ccccc1OC. The molecule has 0 radical (unpaired) electrons. The largest absolute Gasteiger partial charge is 0.496 e. The summed E-state index contributed by atoms with van der Waals surface area (Å²) in [7, 11) is 1.69. The zero-order valence-electron chi connectivity index (χ0n) is 19.1. The zero-order valence-corrected chi connectivity index (χ0v) is 19.1. The molecule has 1 amide bonds. The van der Waals surface area contributed by atoms with Gasteiger partial charge in [0.1, 0.15) is 11.6 Å². The minimum absolute atomic E-state index is 0.152. The molecule has 1 aliphatic heterocycles. The zero-order chi connectivity index (χ0) is 22.6. The maximum absolute atomic E-state index is 12.6. The average molecular weight is 439 g/mol. The van der Waals surface area contributed by atoms with Crippen LogP contribution in [0.1, 0.15) is 18.9 Å². The number of aliphatic imine (C=N–C) groups is 1. The van der Waals surface area contributed by atoms with Crippen LogP contribution < -0.4 is 20.3 Å². The standard InChI is InChI=1S/C24H34N6O2/c1-3-25-24(27-14-11-20-8-4-5-9-21(20)32-2)28-15-12-23(31)30-18-16-29(17-19-30)22-10-6-7-13-26-22/h4-10,13H,3,11-12,14-19H2,1-2H3,(H2,25,27,28). The van der Waals surface area contributed by atoms with Crippen molar-refractivity contribution in [3.63, 3.8) is 0 Å². The van der Waals surface area contributed by atoms with Crippen LogP contribution in [0.3, 0.4) is 0 Å². The first-order valence-electron chi connectivity index (χ1n) is 11.3. The number of pyridine rings is 1. The highest BCUT2D eigenvalue weighted by Crippen LogP contribution is 2.17. The van der Waals surface area contributed by atoms with Crippen LogP contribution in [-0.2, 0) is 11.2 Å². The van der Waals surface area contributed by atoms with Crippen LogP contribution in [0.4, 0.5) is 5.82 Å². The maximum atomic E-state index is 12.6. The van der Waals surface area contributed by atoms with Crippen LogP contribution in [-0.4, -0.2) is 74.7 Å². The van der Waals surface area contributed by atoms with E-state index in [1.165, 1.54) is 0 Å². The lowest BCUT2D eigenvalue weighted by molar-refractivity contribution is -0.131. The number of benzene rings is 1. The third kappa shape index (κ3) is 6.87. The summed E-state index contributed by atoms with van der Waals surface area (Å²) in [5.41, 5.74) is 1.15. The first-order valence-corrected chi connectivity index (χ1v) is 11.3. The molecule has 8 heteroatoms. The molecular formula is C24H34N6O2. The first-order chi connectivity index (χ1) is 15.7. The van der Waals surface area contributed by atoms with Crippen molar-refractivity contribution in [2.45, 2.75) is 19.8 Å². The van der Waals surface area contributed by atoms with Gasteiger partial charge in [0.15, 0.2) is 5.96 Å². The molecule has 1 aliphatic rings. The van der Waals surface area contributed by atoms with Gasteiger partial charge in [-0.25, -0.2) is 4.98 Å². The lowest BCUT2D eigenvalue weighted by Gasteiger charge is -2.35. The Bertz CT molecular complexity index is 866. The van der Waals surface area contributed by atoms with Gasteiger partial charge in [-0.15, -0.1) is 0 Å². The number of nitrogens with one attached hydrogen (secondary N) is 2. The fourth-order valence-corrected chi connectivity index (χ4v) is 3.71. The number of piperazine rings is 1. The number of guanidine groups is 1. The van der Waals surface area contributed by atoms with Gasteiger partial charge in [0.05, 0.1) is 13.7 Å². The van der Waals surface area contributed by atoms with E-state index in [1.807, 2.05) is 48.2 Å². The predicted octanol–water partition coefficient (Wildman–Crippen LogP) is 1.93. The number of amides is 1. The lowest BCUT2D eigenvalue weighted by Crippen LogP contribution is -2.49. The van der Waals surface area contributed by atoms with Gasteiger partial charge in [0, 0.05) is 51.9 Å². The number of aromatic nitrogens is 1. The summed E-state index contributed by atoms with van der Waals surface area (Å²) in [6.45, 7) is 7.04. The van der Waals surface area contributed by atoms with Crippen molar-refractivity contribution in [1.82, 2.24) is 20.5 Å². The summed E-state index contributed by atoms with van der Waals surface area (Å²) in [5, 5.41) is 6.59. The molecule has 1 fully saturated rings.